The van der Waals surface area contributed by atoms with E-state index in [1.807, 2.05) is 0 Å². The minimum Gasteiger partial charge on any atom is -0.384 e. The first-order valence-electron chi connectivity index (χ1n) is 11.7. The van der Waals surface area contributed by atoms with Crippen LogP contribution < -0.4 is 16.0 Å². The van der Waals surface area contributed by atoms with E-state index in [1.165, 1.54) is 30.5 Å². The smallest absolute Gasteiger partial charge is 0.325 e. The van der Waals surface area contributed by atoms with Crippen LogP contribution in [0.2, 0.25) is 0 Å². The molecule has 4 rings (SSSR count). The molecule has 2 aromatic heterocycles. The summed E-state index contributed by atoms with van der Waals surface area (Å²) in [6.07, 6.45) is 4.92. The third kappa shape index (κ3) is 5.25. The van der Waals surface area contributed by atoms with Crippen molar-refractivity contribution < 1.29 is 23.2 Å². The summed E-state index contributed by atoms with van der Waals surface area (Å²) >= 11 is 0. The highest BCUT2D eigenvalue weighted by Gasteiger charge is 2.55. The number of nitrogen functional groups attached to an aromatic ring is 1. The largest absolute Gasteiger partial charge is 0.384 e. The van der Waals surface area contributed by atoms with Crippen molar-refractivity contribution in [3.05, 3.63) is 83.8 Å². The summed E-state index contributed by atoms with van der Waals surface area (Å²) < 4.78 is 28.2. The molecular formula is C26H26F2N6O3. The molecule has 1 aliphatic rings. The number of imide groups is 1. The summed E-state index contributed by atoms with van der Waals surface area (Å²) in [5.41, 5.74) is 6.92. The van der Waals surface area contributed by atoms with Crippen molar-refractivity contribution in [2.24, 2.45) is 5.92 Å². The Morgan fingerprint density at radius 1 is 1.14 bits per heavy atom. The van der Waals surface area contributed by atoms with Gasteiger partial charge in [0.05, 0.1) is 12.0 Å². The van der Waals surface area contributed by atoms with Gasteiger partial charge in [0.2, 0.25) is 5.91 Å². The fourth-order valence-electron chi connectivity index (χ4n) is 4.43. The first-order chi connectivity index (χ1) is 17.7. The van der Waals surface area contributed by atoms with E-state index in [2.05, 4.69) is 15.3 Å². The maximum absolute atomic E-state index is 14.4. The first kappa shape index (κ1) is 25.7. The highest BCUT2D eigenvalue weighted by atomic mass is 19.1. The lowest BCUT2D eigenvalue weighted by Crippen LogP contribution is -2.70. The Kier molecular flexibility index (Phi) is 7.42. The fraction of sp³-hybridized carbons (Fsp3) is 0.269. The minimum atomic E-state index is -1.13. The molecule has 192 valence electrons. The van der Waals surface area contributed by atoms with E-state index in [4.69, 9.17) is 5.73 Å². The Labute approximate surface area is 212 Å². The second-order valence-electron chi connectivity index (χ2n) is 8.73. The van der Waals surface area contributed by atoms with Gasteiger partial charge in [0.25, 0.3) is 5.91 Å². The standard InChI is InChI=1S/C26H26F2N6O3/c1-3-21(18-14-16(27)4-5-20(18)28)32-26(37)34-23(25(36)33(2)17-7-9-30-10-8-17)19(24(34)35)12-15-6-11-31-22(29)13-15/h4-11,13-14,19,21,23H,3,12H2,1-2H3,(H2,29,31)(H,32,37)/t19-,21-,23+/m1/s1. The number of nitrogens with two attached hydrogens (primary N) is 1. The molecule has 3 atom stereocenters. The number of pyridine rings is 2. The van der Waals surface area contributed by atoms with Gasteiger partial charge < -0.3 is 16.0 Å². The summed E-state index contributed by atoms with van der Waals surface area (Å²) in [7, 11) is 1.54. The molecule has 1 fully saturated rings. The number of hydrogen-bond acceptors (Lipinski definition) is 6. The molecule has 3 heterocycles. The average Bonchev–Trinajstić information content (AvgIpc) is 2.89. The number of β-lactam (4-membered cyclic amide) rings is 1. The van der Waals surface area contributed by atoms with Gasteiger partial charge >= 0.3 is 6.03 Å². The minimum absolute atomic E-state index is 0.0515. The number of rotatable bonds is 7. The lowest BCUT2D eigenvalue weighted by atomic mass is 9.81. The number of carbonyl (C=O) groups excluding carboxylic acids is 3. The molecule has 1 aromatic carbocycles. The van der Waals surface area contributed by atoms with Crippen molar-refractivity contribution in [1.82, 2.24) is 20.2 Å². The molecule has 3 aromatic rings. The van der Waals surface area contributed by atoms with Crippen molar-refractivity contribution in [1.29, 1.82) is 0 Å². The number of amides is 4. The van der Waals surface area contributed by atoms with Crippen molar-refractivity contribution in [3.63, 3.8) is 0 Å². The molecular weight excluding hydrogens is 482 g/mol. The maximum atomic E-state index is 14.4. The van der Waals surface area contributed by atoms with Crippen molar-refractivity contribution in [3.8, 4) is 0 Å². The van der Waals surface area contributed by atoms with E-state index in [-0.39, 0.29) is 24.2 Å². The second kappa shape index (κ2) is 10.7. The van der Waals surface area contributed by atoms with E-state index in [0.29, 0.717) is 11.3 Å². The van der Waals surface area contributed by atoms with Crippen LogP contribution in [0.25, 0.3) is 0 Å². The Morgan fingerprint density at radius 3 is 2.54 bits per heavy atom. The van der Waals surface area contributed by atoms with Gasteiger partial charge in [0.1, 0.15) is 23.5 Å². The number of halogens is 2. The molecule has 0 saturated carbocycles. The van der Waals surface area contributed by atoms with Gasteiger partial charge in [-0.15, -0.1) is 0 Å². The van der Waals surface area contributed by atoms with E-state index in [0.717, 1.165) is 23.1 Å². The quantitative estimate of drug-likeness (QED) is 0.473. The van der Waals surface area contributed by atoms with E-state index < -0.39 is 47.5 Å². The summed E-state index contributed by atoms with van der Waals surface area (Å²) in [5.74, 6) is -2.98. The van der Waals surface area contributed by atoms with Crippen LogP contribution >= 0.6 is 0 Å². The predicted octanol–water partition coefficient (Wildman–Crippen LogP) is 3.23. The molecule has 1 aliphatic heterocycles. The number of hydrogen-bond donors (Lipinski definition) is 2. The van der Waals surface area contributed by atoms with E-state index >= 15 is 0 Å². The molecule has 9 nitrogen and oxygen atoms in total. The maximum Gasteiger partial charge on any atom is 0.325 e. The molecule has 0 bridgehead atoms. The van der Waals surface area contributed by atoms with Crippen LogP contribution in [0, 0.1) is 17.6 Å². The number of carbonyl (C=O) groups is 3. The van der Waals surface area contributed by atoms with Crippen LogP contribution in [0.1, 0.15) is 30.5 Å². The number of anilines is 2. The topological polar surface area (TPSA) is 122 Å². The number of likely N-dealkylation sites (tertiary alicyclic amines) is 1. The van der Waals surface area contributed by atoms with Gasteiger partial charge in [-0.25, -0.2) is 18.6 Å². The average molecular weight is 509 g/mol. The second-order valence-corrected chi connectivity index (χ2v) is 8.73. The zero-order valence-electron chi connectivity index (χ0n) is 20.3. The van der Waals surface area contributed by atoms with Gasteiger partial charge in [-0.2, -0.15) is 0 Å². The summed E-state index contributed by atoms with van der Waals surface area (Å²) in [6.45, 7) is 1.68. The van der Waals surface area contributed by atoms with Crippen molar-refractivity contribution >= 4 is 29.4 Å². The number of aromatic nitrogens is 2. The molecule has 4 amide bonds. The van der Waals surface area contributed by atoms with Gasteiger partial charge in [-0.1, -0.05) is 6.92 Å². The van der Waals surface area contributed by atoms with Gasteiger partial charge in [-0.05, 0) is 60.9 Å². The summed E-state index contributed by atoms with van der Waals surface area (Å²) in [5, 5.41) is 2.59. The monoisotopic (exact) mass is 508 g/mol. The third-order valence-corrected chi connectivity index (χ3v) is 6.41. The summed E-state index contributed by atoms with van der Waals surface area (Å²) in [4.78, 5) is 50.1. The highest BCUT2D eigenvalue weighted by molar-refractivity contribution is 6.12. The van der Waals surface area contributed by atoms with Crippen LogP contribution in [-0.4, -0.2) is 45.8 Å². The third-order valence-electron chi connectivity index (χ3n) is 6.41. The molecule has 11 heteroatoms. The molecule has 37 heavy (non-hydrogen) atoms. The lowest BCUT2D eigenvalue weighted by molar-refractivity contribution is -0.156. The van der Waals surface area contributed by atoms with Crippen molar-refractivity contribution in [2.45, 2.75) is 31.8 Å². The molecule has 1 saturated heterocycles. The Morgan fingerprint density at radius 2 is 1.86 bits per heavy atom. The van der Waals surface area contributed by atoms with Crippen LogP contribution in [-0.2, 0) is 16.0 Å². The molecule has 0 spiro atoms. The highest BCUT2D eigenvalue weighted by Crippen LogP contribution is 2.33. The SMILES string of the molecule is CC[C@@H](NC(=O)N1C(=O)[C@H](Cc2ccnc(N)c2)[C@H]1C(=O)N(C)c1ccncc1)c1cc(F)ccc1F. The van der Waals surface area contributed by atoms with Gasteiger partial charge in [0, 0.05) is 36.9 Å². The van der Waals surface area contributed by atoms with Gasteiger partial charge in [0.15, 0.2) is 0 Å². The lowest BCUT2D eigenvalue weighted by Gasteiger charge is -2.46. The Bertz CT molecular complexity index is 1320. The Hall–Kier alpha value is -4.41. The predicted molar refractivity (Wildman–Crippen MR) is 132 cm³/mol. The molecule has 0 unspecified atom stereocenters. The zero-order chi connectivity index (χ0) is 26.7. The van der Waals surface area contributed by atoms with Crippen molar-refractivity contribution in [2.75, 3.05) is 17.7 Å². The number of urea groups is 1. The number of likely N-dealkylation sites (N-methyl/N-ethyl adjacent to an activating group) is 1. The Balaban J connectivity index is 1.61. The van der Waals surface area contributed by atoms with Crippen LogP contribution in [0.3, 0.4) is 0 Å². The first-order valence-corrected chi connectivity index (χ1v) is 11.7. The number of benzene rings is 1. The molecule has 3 N–H and O–H groups in total. The number of nitrogens with zero attached hydrogens (tertiary/aromatic N) is 4. The fourth-order valence-corrected chi connectivity index (χ4v) is 4.43. The van der Waals surface area contributed by atoms with Crippen LogP contribution in [0.4, 0.5) is 25.1 Å². The normalized spacial score (nSPS) is 17.6. The molecule has 0 aliphatic carbocycles. The molecule has 0 radical (unpaired) electrons. The zero-order valence-corrected chi connectivity index (χ0v) is 20.3. The van der Waals surface area contributed by atoms with Gasteiger partial charge in [-0.3, -0.25) is 19.5 Å². The summed E-state index contributed by atoms with van der Waals surface area (Å²) in [6, 6.07) is 6.57. The van der Waals surface area contributed by atoms with Crippen LogP contribution in [0.5, 0.6) is 0 Å². The van der Waals surface area contributed by atoms with E-state index in [9.17, 15) is 23.2 Å². The van der Waals surface area contributed by atoms with Crippen LogP contribution in [0.15, 0.2) is 61.1 Å². The van der Waals surface area contributed by atoms with E-state index in [1.54, 1.807) is 31.2 Å². The number of nitrogens with one attached hydrogen (secondary N) is 1.